The van der Waals surface area contributed by atoms with E-state index in [1.807, 2.05) is 28.9 Å². The standard InChI is InChI=1S/C22H21N5/c1-3-8-18(9-4-1)20-12-7-13-21(26-19-10-5-2-6-11-19)22(20)24-14-15-27-17-23-16-25-27/h1-13,16-17,24,26H,14-15H2. The molecule has 2 N–H and O–H groups in total. The molecule has 0 fully saturated rings. The molecule has 5 nitrogen and oxygen atoms in total. The summed E-state index contributed by atoms with van der Waals surface area (Å²) in [6.45, 7) is 1.49. The molecular weight excluding hydrogens is 334 g/mol. The molecule has 134 valence electrons. The monoisotopic (exact) mass is 355 g/mol. The molecule has 0 unspecified atom stereocenters. The Hall–Kier alpha value is -3.60. The normalized spacial score (nSPS) is 10.5. The molecule has 0 aliphatic carbocycles. The van der Waals surface area contributed by atoms with Crippen LogP contribution in [0.1, 0.15) is 0 Å². The van der Waals surface area contributed by atoms with Gasteiger partial charge in [0.25, 0.3) is 0 Å². The zero-order valence-electron chi connectivity index (χ0n) is 14.9. The maximum atomic E-state index is 4.17. The third kappa shape index (κ3) is 4.15. The van der Waals surface area contributed by atoms with Gasteiger partial charge in [-0.1, -0.05) is 60.7 Å². The van der Waals surface area contributed by atoms with E-state index in [9.17, 15) is 0 Å². The second-order valence-electron chi connectivity index (χ2n) is 6.17. The van der Waals surface area contributed by atoms with Gasteiger partial charge in [-0.15, -0.1) is 0 Å². The van der Waals surface area contributed by atoms with Crippen molar-refractivity contribution in [3.63, 3.8) is 0 Å². The Bertz CT molecular complexity index is 966. The molecule has 0 radical (unpaired) electrons. The van der Waals surface area contributed by atoms with Crippen molar-refractivity contribution in [1.29, 1.82) is 0 Å². The van der Waals surface area contributed by atoms with Crippen molar-refractivity contribution < 1.29 is 0 Å². The summed E-state index contributed by atoms with van der Waals surface area (Å²) >= 11 is 0. The number of para-hydroxylation sites is 2. The van der Waals surface area contributed by atoms with Gasteiger partial charge >= 0.3 is 0 Å². The zero-order valence-corrected chi connectivity index (χ0v) is 14.9. The maximum absolute atomic E-state index is 4.17. The highest BCUT2D eigenvalue weighted by atomic mass is 15.3. The van der Waals surface area contributed by atoms with Crippen LogP contribution in [-0.2, 0) is 6.54 Å². The number of hydrogen-bond acceptors (Lipinski definition) is 4. The minimum absolute atomic E-state index is 0.744. The molecule has 4 rings (SSSR count). The molecule has 0 atom stereocenters. The minimum atomic E-state index is 0.744. The molecule has 0 aliphatic heterocycles. The number of rotatable bonds is 7. The van der Waals surface area contributed by atoms with Crippen LogP contribution in [0.5, 0.6) is 0 Å². The topological polar surface area (TPSA) is 54.8 Å². The van der Waals surface area contributed by atoms with Gasteiger partial charge in [0.1, 0.15) is 12.7 Å². The van der Waals surface area contributed by atoms with E-state index >= 15 is 0 Å². The molecule has 0 aliphatic rings. The van der Waals surface area contributed by atoms with Crippen LogP contribution in [0.25, 0.3) is 11.1 Å². The fourth-order valence-corrected chi connectivity index (χ4v) is 3.03. The van der Waals surface area contributed by atoms with E-state index < -0.39 is 0 Å². The first-order valence-electron chi connectivity index (χ1n) is 8.97. The van der Waals surface area contributed by atoms with Crippen LogP contribution < -0.4 is 10.6 Å². The number of hydrogen-bond donors (Lipinski definition) is 2. The van der Waals surface area contributed by atoms with Gasteiger partial charge < -0.3 is 10.6 Å². The molecule has 0 saturated carbocycles. The molecule has 0 saturated heterocycles. The van der Waals surface area contributed by atoms with Gasteiger partial charge in [0, 0.05) is 17.8 Å². The molecule has 0 bridgehead atoms. The minimum Gasteiger partial charge on any atom is -0.381 e. The molecule has 3 aromatic carbocycles. The van der Waals surface area contributed by atoms with Gasteiger partial charge in [0.05, 0.1) is 17.9 Å². The number of nitrogens with one attached hydrogen (secondary N) is 2. The third-order valence-corrected chi connectivity index (χ3v) is 4.31. The summed E-state index contributed by atoms with van der Waals surface area (Å²) in [6.07, 6.45) is 3.29. The van der Waals surface area contributed by atoms with Crippen molar-refractivity contribution in [3.05, 3.63) is 91.5 Å². The van der Waals surface area contributed by atoms with Gasteiger partial charge in [-0.2, -0.15) is 5.10 Å². The second kappa shape index (κ2) is 8.19. The van der Waals surface area contributed by atoms with Crippen LogP contribution in [0.4, 0.5) is 17.1 Å². The number of anilines is 3. The Morgan fingerprint density at radius 1 is 0.815 bits per heavy atom. The van der Waals surface area contributed by atoms with Crippen molar-refractivity contribution in [2.24, 2.45) is 0 Å². The molecule has 1 heterocycles. The lowest BCUT2D eigenvalue weighted by atomic mass is 10.0. The first-order valence-corrected chi connectivity index (χ1v) is 8.97. The molecular formula is C22H21N5. The lowest BCUT2D eigenvalue weighted by Gasteiger charge is -2.18. The Kier molecular flexibility index (Phi) is 5.11. The highest BCUT2D eigenvalue weighted by molar-refractivity contribution is 5.88. The van der Waals surface area contributed by atoms with E-state index in [2.05, 4.69) is 75.3 Å². The molecule has 5 heteroatoms. The Labute approximate surface area is 158 Å². The predicted molar refractivity (Wildman–Crippen MR) is 110 cm³/mol. The highest BCUT2D eigenvalue weighted by Gasteiger charge is 2.10. The number of benzene rings is 3. The van der Waals surface area contributed by atoms with Gasteiger partial charge in [0.15, 0.2) is 0 Å². The Balaban J connectivity index is 1.65. The van der Waals surface area contributed by atoms with E-state index in [-0.39, 0.29) is 0 Å². The van der Waals surface area contributed by atoms with Crippen LogP contribution in [-0.4, -0.2) is 21.3 Å². The summed E-state index contributed by atoms with van der Waals surface area (Å²) in [5.74, 6) is 0. The van der Waals surface area contributed by atoms with Crippen molar-refractivity contribution in [2.45, 2.75) is 6.54 Å². The van der Waals surface area contributed by atoms with Crippen molar-refractivity contribution in [3.8, 4) is 11.1 Å². The zero-order chi connectivity index (χ0) is 18.3. The summed E-state index contributed by atoms with van der Waals surface area (Å²) in [4.78, 5) is 4.00. The fourth-order valence-electron chi connectivity index (χ4n) is 3.03. The van der Waals surface area contributed by atoms with Crippen molar-refractivity contribution >= 4 is 17.1 Å². The van der Waals surface area contributed by atoms with Crippen molar-refractivity contribution in [1.82, 2.24) is 14.8 Å². The van der Waals surface area contributed by atoms with E-state index in [1.54, 1.807) is 12.7 Å². The summed E-state index contributed by atoms with van der Waals surface area (Å²) in [5, 5.41) is 11.3. The predicted octanol–water partition coefficient (Wildman–Crippen LogP) is 4.80. The average molecular weight is 355 g/mol. The number of aromatic nitrogens is 3. The fraction of sp³-hybridized carbons (Fsp3) is 0.0909. The largest absolute Gasteiger partial charge is 0.381 e. The molecule has 1 aromatic heterocycles. The van der Waals surface area contributed by atoms with E-state index in [0.717, 1.165) is 35.7 Å². The lowest BCUT2D eigenvalue weighted by Crippen LogP contribution is -2.12. The van der Waals surface area contributed by atoms with Gasteiger partial charge in [-0.3, -0.25) is 4.68 Å². The van der Waals surface area contributed by atoms with Gasteiger partial charge in [-0.25, -0.2) is 4.98 Å². The average Bonchev–Trinajstić information content (AvgIpc) is 3.24. The SMILES string of the molecule is c1ccc(Nc2cccc(-c3ccccc3)c2NCCn2cncn2)cc1. The summed E-state index contributed by atoms with van der Waals surface area (Å²) in [7, 11) is 0. The second-order valence-corrected chi connectivity index (χ2v) is 6.17. The maximum Gasteiger partial charge on any atom is 0.137 e. The molecule has 4 aromatic rings. The van der Waals surface area contributed by atoms with E-state index in [4.69, 9.17) is 0 Å². The quantitative estimate of drug-likeness (QED) is 0.500. The van der Waals surface area contributed by atoms with Gasteiger partial charge in [0.2, 0.25) is 0 Å². The Morgan fingerprint density at radius 3 is 2.33 bits per heavy atom. The summed E-state index contributed by atoms with van der Waals surface area (Å²) in [6, 6.07) is 26.9. The molecule has 0 amide bonds. The lowest BCUT2D eigenvalue weighted by molar-refractivity contribution is 0.636. The van der Waals surface area contributed by atoms with E-state index in [0.29, 0.717) is 0 Å². The van der Waals surface area contributed by atoms with Crippen LogP contribution in [0.3, 0.4) is 0 Å². The van der Waals surface area contributed by atoms with Crippen LogP contribution in [0, 0.1) is 0 Å². The molecule has 0 spiro atoms. The summed E-state index contributed by atoms with van der Waals surface area (Å²) < 4.78 is 1.82. The molecule has 27 heavy (non-hydrogen) atoms. The van der Waals surface area contributed by atoms with Crippen LogP contribution >= 0.6 is 0 Å². The van der Waals surface area contributed by atoms with E-state index in [1.165, 1.54) is 5.56 Å². The van der Waals surface area contributed by atoms with Crippen LogP contribution in [0.15, 0.2) is 91.5 Å². The highest BCUT2D eigenvalue weighted by Crippen LogP contribution is 2.35. The first kappa shape index (κ1) is 16.8. The Morgan fingerprint density at radius 2 is 1.59 bits per heavy atom. The third-order valence-electron chi connectivity index (χ3n) is 4.31. The first-order chi connectivity index (χ1) is 13.4. The smallest absolute Gasteiger partial charge is 0.137 e. The summed E-state index contributed by atoms with van der Waals surface area (Å²) in [5.41, 5.74) is 5.52. The number of nitrogens with zero attached hydrogens (tertiary/aromatic N) is 3. The van der Waals surface area contributed by atoms with Gasteiger partial charge in [-0.05, 0) is 23.8 Å². The van der Waals surface area contributed by atoms with Crippen LogP contribution in [0.2, 0.25) is 0 Å². The van der Waals surface area contributed by atoms with Crippen molar-refractivity contribution in [2.75, 3.05) is 17.2 Å².